The highest BCUT2D eigenvalue weighted by Crippen LogP contribution is 2.30. The predicted octanol–water partition coefficient (Wildman–Crippen LogP) is 3.04. The van der Waals surface area contributed by atoms with Crippen LogP contribution in [0.1, 0.15) is 41.4 Å². The summed E-state index contributed by atoms with van der Waals surface area (Å²) >= 11 is 0. The number of hydrogen-bond donors (Lipinski definition) is 1. The van der Waals surface area contributed by atoms with E-state index in [9.17, 15) is 4.79 Å². The highest BCUT2D eigenvalue weighted by atomic mass is 16.4. The number of nitrogens with two attached hydrogens (primary N) is 1. The normalized spacial score (nSPS) is 10.4. The van der Waals surface area contributed by atoms with E-state index < -0.39 is 5.91 Å². The van der Waals surface area contributed by atoms with Crippen LogP contribution in [0.3, 0.4) is 0 Å². The summed E-state index contributed by atoms with van der Waals surface area (Å²) in [4.78, 5) is 11.4. The molecule has 0 spiro atoms. The number of nitrogens with zero attached hydrogens (tertiary/aromatic N) is 1. The fraction of sp³-hybridized carbons (Fsp3) is 0.200. The van der Waals surface area contributed by atoms with E-state index in [2.05, 4.69) is 6.07 Å². The minimum absolute atomic E-state index is 0.151. The summed E-state index contributed by atoms with van der Waals surface area (Å²) in [7, 11) is 0. The third-order valence-electron chi connectivity index (χ3n) is 2.91. The molecule has 0 aliphatic carbocycles. The largest absolute Gasteiger partial charge is 0.451 e. The molecule has 1 amide bonds. The zero-order valence-electron chi connectivity index (χ0n) is 10.8. The molecule has 0 saturated carbocycles. The van der Waals surface area contributed by atoms with Crippen molar-refractivity contribution in [2.75, 3.05) is 0 Å². The van der Waals surface area contributed by atoms with Crippen molar-refractivity contribution < 1.29 is 9.21 Å². The van der Waals surface area contributed by atoms with Gasteiger partial charge in [-0.15, -0.1) is 0 Å². The number of rotatable bonds is 3. The summed E-state index contributed by atoms with van der Waals surface area (Å²) < 4.78 is 5.54. The standard InChI is InChI=1S/C15H14N2O2/c1-9(2)12-7-13(19-14(12)15(17)18)11-5-3-10(8-16)4-6-11/h3-7,9H,1-2H3,(H2,17,18). The molecule has 0 saturated heterocycles. The summed E-state index contributed by atoms with van der Waals surface area (Å²) in [5.41, 5.74) is 7.50. The van der Waals surface area contributed by atoms with Gasteiger partial charge in [-0.1, -0.05) is 13.8 Å². The first-order valence-corrected chi connectivity index (χ1v) is 5.97. The molecule has 0 radical (unpaired) electrons. The monoisotopic (exact) mass is 254 g/mol. The predicted molar refractivity (Wildman–Crippen MR) is 71.5 cm³/mol. The van der Waals surface area contributed by atoms with Crippen molar-refractivity contribution >= 4 is 5.91 Å². The van der Waals surface area contributed by atoms with E-state index in [0.29, 0.717) is 11.3 Å². The maximum atomic E-state index is 11.4. The molecule has 0 aliphatic heterocycles. The van der Waals surface area contributed by atoms with Gasteiger partial charge in [0.2, 0.25) is 0 Å². The number of benzene rings is 1. The van der Waals surface area contributed by atoms with Gasteiger partial charge in [0.05, 0.1) is 11.6 Å². The van der Waals surface area contributed by atoms with Crippen LogP contribution in [0, 0.1) is 11.3 Å². The molecule has 2 rings (SSSR count). The molecular formula is C15H14N2O2. The molecule has 2 N–H and O–H groups in total. The van der Waals surface area contributed by atoms with Crippen molar-refractivity contribution in [3.05, 3.63) is 47.2 Å². The summed E-state index contributed by atoms with van der Waals surface area (Å²) in [5, 5.41) is 8.76. The first kappa shape index (κ1) is 12.9. The molecule has 0 unspecified atom stereocenters. The van der Waals surface area contributed by atoms with Crippen molar-refractivity contribution in [2.24, 2.45) is 5.73 Å². The van der Waals surface area contributed by atoms with Crippen molar-refractivity contribution in [1.82, 2.24) is 0 Å². The summed E-state index contributed by atoms with van der Waals surface area (Å²) in [6.07, 6.45) is 0. The molecule has 1 aromatic heterocycles. The van der Waals surface area contributed by atoms with Gasteiger partial charge >= 0.3 is 0 Å². The molecule has 4 heteroatoms. The third kappa shape index (κ3) is 2.50. The van der Waals surface area contributed by atoms with Crippen LogP contribution in [0.15, 0.2) is 34.7 Å². The zero-order valence-corrected chi connectivity index (χ0v) is 10.8. The molecule has 2 aromatic rings. The second kappa shape index (κ2) is 4.99. The van der Waals surface area contributed by atoms with Gasteiger partial charge in [-0.05, 0) is 36.2 Å². The highest BCUT2D eigenvalue weighted by molar-refractivity contribution is 5.92. The van der Waals surface area contributed by atoms with E-state index in [1.807, 2.05) is 19.9 Å². The van der Waals surface area contributed by atoms with Crippen LogP contribution in [0.25, 0.3) is 11.3 Å². The number of nitriles is 1. The molecule has 1 heterocycles. The van der Waals surface area contributed by atoms with Gasteiger partial charge in [-0.25, -0.2) is 0 Å². The second-order valence-electron chi connectivity index (χ2n) is 4.60. The molecular weight excluding hydrogens is 240 g/mol. The molecule has 19 heavy (non-hydrogen) atoms. The quantitative estimate of drug-likeness (QED) is 0.914. The van der Waals surface area contributed by atoms with E-state index >= 15 is 0 Å². The number of carbonyl (C=O) groups is 1. The van der Waals surface area contributed by atoms with Crippen molar-refractivity contribution in [3.8, 4) is 17.4 Å². The molecule has 96 valence electrons. The molecule has 1 aromatic carbocycles. The average molecular weight is 254 g/mol. The van der Waals surface area contributed by atoms with Crippen molar-refractivity contribution in [3.63, 3.8) is 0 Å². The smallest absolute Gasteiger partial charge is 0.284 e. The van der Waals surface area contributed by atoms with Gasteiger partial charge in [-0.2, -0.15) is 5.26 Å². The first-order valence-electron chi connectivity index (χ1n) is 5.97. The van der Waals surface area contributed by atoms with E-state index in [4.69, 9.17) is 15.4 Å². The lowest BCUT2D eigenvalue weighted by atomic mass is 10.0. The topological polar surface area (TPSA) is 80.0 Å². The lowest BCUT2D eigenvalue weighted by molar-refractivity contribution is 0.0973. The Balaban J connectivity index is 2.48. The lowest BCUT2D eigenvalue weighted by Crippen LogP contribution is -2.12. The van der Waals surface area contributed by atoms with Gasteiger partial charge in [-0.3, -0.25) is 4.79 Å². The van der Waals surface area contributed by atoms with Crippen LogP contribution in [0.4, 0.5) is 0 Å². The zero-order chi connectivity index (χ0) is 14.0. The Morgan fingerprint density at radius 3 is 2.37 bits per heavy atom. The van der Waals surface area contributed by atoms with E-state index in [-0.39, 0.29) is 11.7 Å². The third-order valence-corrected chi connectivity index (χ3v) is 2.91. The van der Waals surface area contributed by atoms with Gasteiger partial charge in [0.25, 0.3) is 5.91 Å². The minimum atomic E-state index is -0.566. The summed E-state index contributed by atoms with van der Waals surface area (Å²) in [6, 6.07) is 10.9. The Labute approximate surface area is 111 Å². The average Bonchev–Trinajstić information content (AvgIpc) is 2.84. The molecule has 0 aliphatic rings. The SMILES string of the molecule is CC(C)c1cc(-c2ccc(C#N)cc2)oc1C(N)=O. The number of hydrogen-bond acceptors (Lipinski definition) is 3. The second-order valence-corrected chi connectivity index (χ2v) is 4.60. The summed E-state index contributed by atoms with van der Waals surface area (Å²) in [5.74, 6) is 0.373. The minimum Gasteiger partial charge on any atom is -0.451 e. The Morgan fingerprint density at radius 2 is 1.95 bits per heavy atom. The summed E-state index contributed by atoms with van der Waals surface area (Å²) in [6.45, 7) is 3.94. The highest BCUT2D eigenvalue weighted by Gasteiger charge is 2.18. The Hall–Kier alpha value is -2.54. The van der Waals surface area contributed by atoms with E-state index in [0.717, 1.165) is 11.1 Å². The van der Waals surface area contributed by atoms with E-state index in [1.165, 1.54) is 0 Å². The molecule has 4 nitrogen and oxygen atoms in total. The van der Waals surface area contributed by atoms with Gasteiger partial charge < -0.3 is 10.2 Å². The van der Waals surface area contributed by atoms with Gasteiger partial charge in [0.1, 0.15) is 5.76 Å². The van der Waals surface area contributed by atoms with Crippen LogP contribution >= 0.6 is 0 Å². The van der Waals surface area contributed by atoms with Gasteiger partial charge in [0, 0.05) is 11.1 Å². The van der Waals surface area contributed by atoms with Crippen LogP contribution in [-0.2, 0) is 0 Å². The Morgan fingerprint density at radius 1 is 1.32 bits per heavy atom. The molecule has 0 bridgehead atoms. The van der Waals surface area contributed by atoms with Crippen LogP contribution < -0.4 is 5.73 Å². The molecule has 0 fully saturated rings. The molecule has 0 atom stereocenters. The van der Waals surface area contributed by atoms with Crippen LogP contribution in [0.5, 0.6) is 0 Å². The van der Waals surface area contributed by atoms with Crippen molar-refractivity contribution in [2.45, 2.75) is 19.8 Å². The van der Waals surface area contributed by atoms with Gasteiger partial charge in [0.15, 0.2) is 5.76 Å². The number of carbonyl (C=O) groups excluding carboxylic acids is 1. The van der Waals surface area contributed by atoms with Crippen LogP contribution in [-0.4, -0.2) is 5.91 Å². The maximum Gasteiger partial charge on any atom is 0.284 e. The Kier molecular flexibility index (Phi) is 3.39. The van der Waals surface area contributed by atoms with Crippen LogP contribution in [0.2, 0.25) is 0 Å². The first-order chi connectivity index (χ1) is 9.02. The Bertz CT molecular complexity index is 646. The fourth-order valence-corrected chi connectivity index (χ4v) is 1.88. The fourth-order valence-electron chi connectivity index (χ4n) is 1.88. The number of amides is 1. The number of furan rings is 1. The maximum absolute atomic E-state index is 11.4. The van der Waals surface area contributed by atoms with E-state index in [1.54, 1.807) is 24.3 Å². The van der Waals surface area contributed by atoms with Crippen molar-refractivity contribution in [1.29, 1.82) is 5.26 Å². The lowest BCUT2D eigenvalue weighted by Gasteiger charge is -2.00. The number of primary amides is 1.